The monoisotopic (exact) mass is 389 g/mol. The lowest BCUT2D eigenvalue weighted by molar-refractivity contribution is -0.137. The summed E-state index contributed by atoms with van der Waals surface area (Å²) in [4.78, 5) is 0. The van der Waals surface area contributed by atoms with Gasteiger partial charge < -0.3 is 15.2 Å². The number of hydrogen-bond acceptors (Lipinski definition) is 4. The van der Waals surface area contributed by atoms with Crippen molar-refractivity contribution in [1.29, 1.82) is 0 Å². The van der Waals surface area contributed by atoms with E-state index in [2.05, 4.69) is 5.32 Å². The Morgan fingerprint density at radius 1 is 1.23 bits per heavy atom. The van der Waals surface area contributed by atoms with Gasteiger partial charge in [-0.1, -0.05) is 12.1 Å². The van der Waals surface area contributed by atoms with Crippen LogP contribution in [0, 0.1) is 0 Å². The first-order valence-electron chi connectivity index (χ1n) is 9.16. The fraction of sp³-hybridized carbons (Fsp3) is 0.684. The molecule has 2 unspecified atom stereocenters. The van der Waals surface area contributed by atoms with Crippen molar-refractivity contribution < 1.29 is 23.0 Å². The van der Waals surface area contributed by atoms with Gasteiger partial charge in [-0.25, -0.2) is 0 Å². The molecule has 146 valence electrons. The number of thioether (sulfide) groups is 1. The minimum atomic E-state index is -4.32. The molecular formula is C19H26F3NO2S. The van der Waals surface area contributed by atoms with E-state index in [-0.39, 0.29) is 5.60 Å². The number of rotatable bonds is 5. The molecule has 3 nitrogen and oxygen atoms in total. The van der Waals surface area contributed by atoms with E-state index in [1.807, 2.05) is 11.8 Å². The summed E-state index contributed by atoms with van der Waals surface area (Å²) < 4.78 is 43.8. The third-order valence-electron chi connectivity index (χ3n) is 5.29. The molecular weight excluding hydrogens is 363 g/mol. The lowest BCUT2D eigenvalue weighted by Gasteiger charge is -2.43. The number of ether oxygens (including phenoxy) is 1. The predicted molar refractivity (Wildman–Crippen MR) is 97.4 cm³/mol. The summed E-state index contributed by atoms with van der Waals surface area (Å²) in [5, 5.41) is 13.7. The molecule has 2 heterocycles. The number of benzene rings is 1. The fourth-order valence-corrected chi connectivity index (χ4v) is 5.01. The SMILES string of the molecule is OC(CNC1CCOC2(CCSCC2)C1)Cc1ccc(C(F)(F)F)cc1. The van der Waals surface area contributed by atoms with Crippen molar-refractivity contribution in [2.75, 3.05) is 24.7 Å². The summed E-state index contributed by atoms with van der Waals surface area (Å²) in [5.41, 5.74) is 0.0478. The Hall–Kier alpha value is -0.760. The summed E-state index contributed by atoms with van der Waals surface area (Å²) in [6.45, 7) is 1.19. The van der Waals surface area contributed by atoms with E-state index in [9.17, 15) is 18.3 Å². The van der Waals surface area contributed by atoms with Gasteiger partial charge in [0.25, 0.3) is 0 Å². The second-order valence-electron chi connectivity index (χ2n) is 7.29. The van der Waals surface area contributed by atoms with Gasteiger partial charge in [0.05, 0.1) is 17.3 Å². The number of nitrogens with one attached hydrogen (secondary N) is 1. The second kappa shape index (κ2) is 8.50. The lowest BCUT2D eigenvalue weighted by Crippen LogP contribution is -2.50. The Morgan fingerprint density at radius 2 is 1.92 bits per heavy atom. The molecule has 2 aliphatic rings. The van der Waals surface area contributed by atoms with Gasteiger partial charge in [0, 0.05) is 19.2 Å². The molecule has 1 aromatic rings. The van der Waals surface area contributed by atoms with Crippen LogP contribution < -0.4 is 5.32 Å². The lowest BCUT2D eigenvalue weighted by atomic mass is 9.85. The van der Waals surface area contributed by atoms with Crippen molar-refractivity contribution in [1.82, 2.24) is 5.32 Å². The van der Waals surface area contributed by atoms with E-state index in [0.29, 0.717) is 24.6 Å². The Balaban J connectivity index is 1.45. The summed E-state index contributed by atoms with van der Waals surface area (Å²) in [6.07, 6.45) is -0.519. The van der Waals surface area contributed by atoms with Crippen molar-refractivity contribution in [2.45, 2.75) is 56.0 Å². The molecule has 2 atom stereocenters. The van der Waals surface area contributed by atoms with Gasteiger partial charge in [-0.05, 0) is 61.3 Å². The highest BCUT2D eigenvalue weighted by atomic mass is 32.2. The van der Waals surface area contributed by atoms with E-state index in [0.717, 1.165) is 55.9 Å². The Bertz CT molecular complexity index is 568. The molecule has 1 spiro atoms. The van der Waals surface area contributed by atoms with Crippen LogP contribution >= 0.6 is 11.8 Å². The van der Waals surface area contributed by atoms with E-state index >= 15 is 0 Å². The van der Waals surface area contributed by atoms with E-state index in [1.54, 1.807) is 0 Å². The first-order chi connectivity index (χ1) is 12.4. The van der Waals surface area contributed by atoms with Crippen LogP contribution in [-0.4, -0.2) is 47.5 Å². The molecule has 1 aromatic carbocycles. The molecule has 7 heteroatoms. The standard InChI is InChI=1S/C19H26F3NO2S/c20-19(21,22)15-3-1-14(2-4-15)11-17(24)13-23-16-5-8-25-18(12-16)6-9-26-10-7-18/h1-4,16-17,23-24H,5-13H2. The molecule has 0 aliphatic carbocycles. The van der Waals surface area contributed by atoms with Crippen LogP contribution in [-0.2, 0) is 17.3 Å². The maximum atomic E-state index is 12.6. The average molecular weight is 389 g/mol. The zero-order valence-electron chi connectivity index (χ0n) is 14.7. The van der Waals surface area contributed by atoms with Crippen molar-refractivity contribution in [2.24, 2.45) is 0 Å². The van der Waals surface area contributed by atoms with Crippen molar-refractivity contribution >= 4 is 11.8 Å². The first-order valence-corrected chi connectivity index (χ1v) is 10.3. The largest absolute Gasteiger partial charge is 0.416 e. The molecule has 2 fully saturated rings. The molecule has 0 bridgehead atoms. The number of hydrogen-bond donors (Lipinski definition) is 2. The third kappa shape index (κ3) is 5.38. The molecule has 3 rings (SSSR count). The maximum Gasteiger partial charge on any atom is 0.416 e. The van der Waals surface area contributed by atoms with Crippen LogP contribution in [0.2, 0.25) is 0 Å². The molecule has 2 saturated heterocycles. The van der Waals surface area contributed by atoms with Crippen LogP contribution in [0.4, 0.5) is 13.2 Å². The summed E-state index contributed by atoms with van der Waals surface area (Å²) in [6, 6.07) is 5.34. The number of alkyl halides is 3. The van der Waals surface area contributed by atoms with Crippen LogP contribution in [0.15, 0.2) is 24.3 Å². The van der Waals surface area contributed by atoms with E-state index in [4.69, 9.17) is 4.74 Å². The second-order valence-corrected chi connectivity index (χ2v) is 8.52. The molecule has 0 saturated carbocycles. The normalized spacial score (nSPS) is 24.5. The van der Waals surface area contributed by atoms with Gasteiger partial charge >= 0.3 is 6.18 Å². The zero-order valence-corrected chi connectivity index (χ0v) is 15.5. The Labute approximate surface area is 156 Å². The molecule has 0 amide bonds. The minimum Gasteiger partial charge on any atom is -0.391 e. The Morgan fingerprint density at radius 3 is 2.58 bits per heavy atom. The number of halogens is 3. The van der Waals surface area contributed by atoms with Gasteiger partial charge in [0.1, 0.15) is 0 Å². The number of aliphatic hydroxyl groups excluding tert-OH is 1. The summed E-state index contributed by atoms with van der Waals surface area (Å²) in [7, 11) is 0. The number of aliphatic hydroxyl groups is 1. The molecule has 0 aromatic heterocycles. The van der Waals surface area contributed by atoms with Gasteiger partial charge in [0.15, 0.2) is 0 Å². The van der Waals surface area contributed by atoms with Crippen LogP contribution in [0.5, 0.6) is 0 Å². The third-order valence-corrected chi connectivity index (χ3v) is 6.28. The molecule has 2 aliphatic heterocycles. The summed E-state index contributed by atoms with van der Waals surface area (Å²) >= 11 is 1.97. The van der Waals surface area contributed by atoms with Crippen LogP contribution in [0.3, 0.4) is 0 Å². The molecule has 26 heavy (non-hydrogen) atoms. The highest BCUT2D eigenvalue weighted by Gasteiger charge is 2.38. The van der Waals surface area contributed by atoms with Gasteiger partial charge in [-0.15, -0.1) is 0 Å². The zero-order chi connectivity index (χ0) is 18.6. The molecule has 0 radical (unpaired) electrons. The average Bonchev–Trinajstić information content (AvgIpc) is 2.60. The summed E-state index contributed by atoms with van der Waals surface area (Å²) in [5.74, 6) is 2.28. The van der Waals surface area contributed by atoms with Gasteiger partial charge in [-0.2, -0.15) is 24.9 Å². The van der Waals surface area contributed by atoms with Crippen LogP contribution in [0.1, 0.15) is 36.8 Å². The smallest absolute Gasteiger partial charge is 0.391 e. The quantitative estimate of drug-likeness (QED) is 0.807. The predicted octanol–water partition coefficient (Wildman–Crippen LogP) is 3.64. The van der Waals surface area contributed by atoms with Crippen molar-refractivity contribution in [3.8, 4) is 0 Å². The van der Waals surface area contributed by atoms with Crippen molar-refractivity contribution in [3.63, 3.8) is 0 Å². The topological polar surface area (TPSA) is 41.5 Å². The maximum absolute atomic E-state index is 12.6. The molecule has 2 N–H and O–H groups in total. The van der Waals surface area contributed by atoms with Crippen LogP contribution in [0.25, 0.3) is 0 Å². The highest BCUT2D eigenvalue weighted by Crippen LogP contribution is 2.37. The highest BCUT2D eigenvalue weighted by molar-refractivity contribution is 7.99. The minimum absolute atomic E-state index is 0.000452. The Kier molecular flexibility index (Phi) is 6.54. The fourth-order valence-electron chi connectivity index (χ4n) is 3.77. The van der Waals surface area contributed by atoms with Crippen molar-refractivity contribution in [3.05, 3.63) is 35.4 Å². The van der Waals surface area contributed by atoms with Gasteiger partial charge in [0.2, 0.25) is 0 Å². The van der Waals surface area contributed by atoms with E-state index in [1.165, 1.54) is 12.1 Å². The first kappa shape index (κ1) is 20.0. The van der Waals surface area contributed by atoms with E-state index < -0.39 is 17.8 Å². The van der Waals surface area contributed by atoms with Gasteiger partial charge in [-0.3, -0.25) is 0 Å².